The van der Waals surface area contributed by atoms with Gasteiger partial charge in [0.25, 0.3) is 6.73 Å². The number of nitrogens with zero attached hydrogens (tertiary/aromatic N) is 6. The fourth-order valence-electron chi connectivity index (χ4n) is 8.74. The first-order chi connectivity index (χ1) is 32.1. The maximum Gasteiger partial charge on any atom is 2.00 e. The molecular formula is C58H44N6OZn+2. The Morgan fingerprint density at radius 3 is 1.11 bits per heavy atom. The van der Waals surface area contributed by atoms with Crippen LogP contribution in [0.15, 0.2) is 189 Å². The Labute approximate surface area is 396 Å². The van der Waals surface area contributed by atoms with E-state index >= 15 is 0 Å². The van der Waals surface area contributed by atoms with Crippen LogP contribution in [-0.4, -0.2) is 9.97 Å². The van der Waals surface area contributed by atoms with Crippen molar-refractivity contribution in [2.45, 2.75) is 26.6 Å². The van der Waals surface area contributed by atoms with E-state index in [0.717, 1.165) is 108 Å². The zero-order valence-corrected chi connectivity index (χ0v) is 39.6. The van der Waals surface area contributed by atoms with Crippen molar-refractivity contribution in [3.05, 3.63) is 211 Å². The first kappa shape index (κ1) is 42.2. The molecule has 8 bridgehead atoms. The van der Waals surface area contributed by atoms with E-state index in [9.17, 15) is 0 Å². The van der Waals surface area contributed by atoms with E-state index in [2.05, 4.69) is 194 Å². The third-order valence-corrected chi connectivity index (χ3v) is 11.9. The molecule has 9 aromatic rings. The van der Waals surface area contributed by atoms with Gasteiger partial charge in [0.1, 0.15) is 12.3 Å². The van der Waals surface area contributed by atoms with Crippen LogP contribution in [0.5, 0.6) is 5.75 Å². The molecular weight excluding hydrogens is 862 g/mol. The fraction of sp³-hybridized carbons (Fsp3) is 0.0690. The van der Waals surface area contributed by atoms with Crippen LogP contribution in [0, 0.1) is 0 Å². The molecule has 7 heterocycles. The van der Waals surface area contributed by atoms with Crippen molar-refractivity contribution in [1.82, 2.24) is 19.9 Å². The van der Waals surface area contributed by atoms with Gasteiger partial charge >= 0.3 is 19.5 Å². The van der Waals surface area contributed by atoms with E-state index in [4.69, 9.17) is 24.7 Å². The van der Waals surface area contributed by atoms with Gasteiger partial charge in [0, 0.05) is 30.7 Å². The molecule has 11 rings (SSSR count). The minimum Gasteiger partial charge on any atom is -0.657 e. The normalized spacial score (nSPS) is 11.7. The number of fused-ring (bicyclic) bond motifs is 8. The summed E-state index contributed by atoms with van der Waals surface area (Å²) in [4.78, 5) is 21.6. The van der Waals surface area contributed by atoms with Gasteiger partial charge in [0.2, 0.25) is 0 Å². The minimum atomic E-state index is 0. The first-order valence-electron chi connectivity index (χ1n) is 22.1. The Kier molecular flexibility index (Phi) is 12.0. The van der Waals surface area contributed by atoms with Crippen molar-refractivity contribution in [3.8, 4) is 61.4 Å². The predicted octanol–water partition coefficient (Wildman–Crippen LogP) is 12.3. The molecule has 4 aromatic carbocycles. The summed E-state index contributed by atoms with van der Waals surface area (Å²) in [6.45, 7) is 3.58. The van der Waals surface area contributed by atoms with Crippen LogP contribution in [0.4, 0.5) is 0 Å². The summed E-state index contributed by atoms with van der Waals surface area (Å²) < 4.78 is 10.6. The fourth-order valence-corrected chi connectivity index (χ4v) is 8.74. The van der Waals surface area contributed by atoms with Crippen LogP contribution in [0.3, 0.4) is 0 Å². The second kappa shape index (κ2) is 18.7. The smallest absolute Gasteiger partial charge is 0.657 e. The van der Waals surface area contributed by atoms with Gasteiger partial charge in [-0.2, -0.15) is 4.57 Å². The Hall–Kier alpha value is -7.80. The summed E-state index contributed by atoms with van der Waals surface area (Å²) in [5.41, 5.74) is 16.9. The van der Waals surface area contributed by atoms with Crippen LogP contribution in [-0.2, 0) is 32.8 Å². The number of benzene rings is 4. The zero-order chi connectivity index (χ0) is 43.5. The zero-order valence-electron chi connectivity index (χ0n) is 36.6. The van der Waals surface area contributed by atoms with E-state index in [1.807, 2.05) is 34.9 Å². The molecule has 0 aliphatic carbocycles. The molecule has 0 unspecified atom stereocenters. The van der Waals surface area contributed by atoms with Gasteiger partial charge in [-0.05, 0) is 92.1 Å². The average Bonchev–Trinajstić information content (AvgIpc) is 4.22. The molecule has 0 amide bonds. The molecule has 0 saturated carbocycles. The summed E-state index contributed by atoms with van der Waals surface area (Å²) in [5, 5.41) is 0. The number of rotatable bonds is 10. The van der Waals surface area contributed by atoms with Crippen molar-refractivity contribution in [2.24, 2.45) is 0 Å². The van der Waals surface area contributed by atoms with Crippen molar-refractivity contribution >= 4 is 46.4 Å². The average molecular weight is 906 g/mol. The number of ether oxygens (including phenoxy) is 1. The van der Waals surface area contributed by atoms with Crippen molar-refractivity contribution in [3.63, 3.8) is 0 Å². The third kappa shape index (κ3) is 8.47. The van der Waals surface area contributed by atoms with Gasteiger partial charge in [-0.25, -0.2) is 14.5 Å². The van der Waals surface area contributed by atoms with Crippen LogP contribution in [0.25, 0.3) is 102 Å². The van der Waals surface area contributed by atoms with Gasteiger partial charge in [-0.1, -0.05) is 134 Å². The monoisotopic (exact) mass is 904 g/mol. The second-order valence-corrected chi connectivity index (χ2v) is 16.2. The molecule has 0 N–H and O–H groups in total. The van der Waals surface area contributed by atoms with Gasteiger partial charge < -0.3 is 14.7 Å². The van der Waals surface area contributed by atoms with Crippen molar-refractivity contribution in [1.29, 1.82) is 0 Å². The quantitative estimate of drug-likeness (QED) is 0.101. The van der Waals surface area contributed by atoms with Crippen LogP contribution >= 0.6 is 0 Å². The SMILES string of the molecule is CCC[n+]1ccc(-c2cc[n+](COc3ccc(-c4c5nc(c(-c6ccccc6)c6ccc([n-]6)c(-c6ccccc6)c6nc(c(-c7ccccc7)c7ccc4[n-]7)C=C6)C=C5)cc3)cc2)cc1.[Zn+2]. The number of aryl methyl sites for hydroxylation is 1. The third-order valence-electron chi connectivity index (χ3n) is 11.9. The predicted molar refractivity (Wildman–Crippen MR) is 262 cm³/mol. The summed E-state index contributed by atoms with van der Waals surface area (Å²) in [6.07, 6.45) is 17.9. The Morgan fingerprint density at radius 2 is 0.742 bits per heavy atom. The van der Waals surface area contributed by atoms with E-state index in [-0.39, 0.29) is 19.5 Å². The summed E-state index contributed by atoms with van der Waals surface area (Å²) in [6, 6.07) is 56.4. The van der Waals surface area contributed by atoms with E-state index in [1.165, 1.54) is 11.1 Å². The van der Waals surface area contributed by atoms with Gasteiger partial charge in [0.05, 0.1) is 22.8 Å². The standard InChI is InChI=1S/C58H44N6O.Zn/c1-2-34-63-35-30-40(31-36-63)41-32-37-64(38-33-41)39-65-46-20-18-45(19-21-46)58-53-28-26-51(61-53)56(43-14-8-4-9-15-43)49-24-22-47(59-49)55(42-12-6-3-7-13-42)48-23-25-50(60-48)57(44-16-10-5-11-17-44)52-27-29-54(58)62-52;/h3-33,35-38H,2,34,39H2,1H3;/q;+2. The molecule has 0 saturated heterocycles. The van der Waals surface area contributed by atoms with Crippen molar-refractivity contribution < 1.29 is 33.3 Å². The second-order valence-electron chi connectivity index (χ2n) is 16.2. The number of hydrogen-bond acceptors (Lipinski definition) is 3. The van der Waals surface area contributed by atoms with Gasteiger partial charge in [-0.3, -0.25) is 0 Å². The maximum atomic E-state index is 6.32. The number of aromatic nitrogens is 6. The molecule has 66 heavy (non-hydrogen) atoms. The van der Waals surface area contributed by atoms with Gasteiger partial charge in [0.15, 0.2) is 24.8 Å². The molecule has 0 radical (unpaired) electrons. The summed E-state index contributed by atoms with van der Waals surface area (Å²) >= 11 is 0. The molecule has 7 nitrogen and oxygen atoms in total. The number of hydrogen-bond donors (Lipinski definition) is 0. The molecule has 0 fully saturated rings. The summed E-state index contributed by atoms with van der Waals surface area (Å²) in [7, 11) is 0. The van der Waals surface area contributed by atoms with E-state index in [0.29, 0.717) is 6.73 Å². The largest absolute Gasteiger partial charge is 2.00 e. The molecule has 8 heteroatoms. The summed E-state index contributed by atoms with van der Waals surface area (Å²) in [5.74, 6) is 0.761. The van der Waals surface area contributed by atoms with Crippen LogP contribution in [0.2, 0.25) is 0 Å². The maximum absolute atomic E-state index is 6.32. The van der Waals surface area contributed by atoms with E-state index < -0.39 is 0 Å². The molecule has 2 aliphatic heterocycles. The molecule has 2 aliphatic rings. The topological polar surface area (TPSA) is 71.0 Å². The van der Waals surface area contributed by atoms with Crippen molar-refractivity contribution in [2.75, 3.05) is 0 Å². The number of pyridine rings is 2. The Balaban J connectivity index is 0.00000511. The van der Waals surface area contributed by atoms with Crippen LogP contribution < -0.4 is 23.8 Å². The van der Waals surface area contributed by atoms with Crippen LogP contribution in [0.1, 0.15) is 36.1 Å². The molecule has 0 spiro atoms. The Morgan fingerprint density at radius 1 is 0.394 bits per heavy atom. The molecule has 0 atom stereocenters. The molecule has 5 aromatic heterocycles. The first-order valence-corrected chi connectivity index (χ1v) is 22.1. The van der Waals surface area contributed by atoms with Gasteiger partial charge in [-0.15, -0.1) is 22.1 Å². The molecule has 312 valence electrons. The Bertz CT molecular complexity index is 3360. The minimum absolute atomic E-state index is 0. The van der Waals surface area contributed by atoms with E-state index in [1.54, 1.807) is 0 Å².